The standard InChI is InChI=1S/C17H23NO4S/c1-21-14-9-7-13(8-10-14)17-18(15(19)12-23-17)11-5-3-4-6-16(20)22-2/h7-10,17H,3-6,11-12H2,1-2H3. The average Bonchev–Trinajstić information content (AvgIpc) is 2.95. The lowest BCUT2D eigenvalue weighted by molar-refractivity contribution is -0.140. The molecule has 0 N–H and O–H groups in total. The van der Waals surface area contributed by atoms with E-state index in [1.54, 1.807) is 18.9 Å². The van der Waals surface area contributed by atoms with Gasteiger partial charge >= 0.3 is 5.97 Å². The Balaban J connectivity index is 1.85. The fraction of sp³-hybridized carbons (Fsp3) is 0.529. The van der Waals surface area contributed by atoms with Crippen molar-refractivity contribution in [3.05, 3.63) is 29.8 Å². The summed E-state index contributed by atoms with van der Waals surface area (Å²) in [6.45, 7) is 0.726. The SMILES string of the molecule is COC(=O)CCCCCN1C(=O)CSC1c1ccc(OC)cc1. The van der Waals surface area contributed by atoms with Crippen molar-refractivity contribution in [2.45, 2.75) is 31.1 Å². The first-order valence-corrected chi connectivity index (χ1v) is 8.82. The molecule has 1 saturated heterocycles. The third-order valence-electron chi connectivity index (χ3n) is 3.88. The summed E-state index contributed by atoms with van der Waals surface area (Å²) >= 11 is 1.66. The minimum atomic E-state index is -0.172. The number of rotatable bonds is 8. The maximum absolute atomic E-state index is 12.1. The molecule has 1 heterocycles. The molecule has 1 unspecified atom stereocenters. The number of nitrogens with zero attached hydrogens (tertiary/aromatic N) is 1. The number of esters is 1. The van der Waals surface area contributed by atoms with Gasteiger partial charge in [-0.15, -0.1) is 11.8 Å². The summed E-state index contributed by atoms with van der Waals surface area (Å²) in [7, 11) is 3.05. The lowest BCUT2D eigenvalue weighted by atomic mass is 10.1. The molecule has 2 rings (SSSR count). The minimum Gasteiger partial charge on any atom is -0.497 e. The number of hydrogen-bond acceptors (Lipinski definition) is 5. The van der Waals surface area contributed by atoms with Gasteiger partial charge in [-0.25, -0.2) is 0 Å². The summed E-state index contributed by atoms with van der Waals surface area (Å²) in [4.78, 5) is 25.1. The fourth-order valence-electron chi connectivity index (χ4n) is 2.57. The zero-order valence-corrected chi connectivity index (χ0v) is 14.4. The van der Waals surface area contributed by atoms with Crippen LogP contribution in [0.1, 0.15) is 36.6 Å². The molecule has 1 fully saturated rings. The number of carbonyl (C=O) groups excluding carboxylic acids is 2. The van der Waals surface area contributed by atoms with E-state index in [9.17, 15) is 9.59 Å². The molecule has 0 aliphatic carbocycles. The van der Waals surface area contributed by atoms with Gasteiger partial charge in [-0.05, 0) is 30.5 Å². The van der Waals surface area contributed by atoms with Crippen molar-refractivity contribution in [1.29, 1.82) is 0 Å². The normalized spacial score (nSPS) is 17.4. The molecule has 0 aromatic heterocycles. The third-order valence-corrected chi connectivity index (χ3v) is 5.13. The molecule has 0 bridgehead atoms. The first kappa shape index (κ1) is 17.7. The van der Waals surface area contributed by atoms with Gasteiger partial charge in [0.2, 0.25) is 5.91 Å². The molecule has 0 saturated carbocycles. The number of ether oxygens (including phenoxy) is 2. The number of hydrogen-bond donors (Lipinski definition) is 0. The summed E-state index contributed by atoms with van der Waals surface area (Å²) in [5.74, 6) is 1.36. The molecule has 1 aromatic carbocycles. The Kier molecular flexibility index (Phi) is 6.77. The van der Waals surface area contributed by atoms with Gasteiger partial charge < -0.3 is 14.4 Å². The predicted molar refractivity (Wildman–Crippen MR) is 90.4 cm³/mol. The molecular weight excluding hydrogens is 314 g/mol. The summed E-state index contributed by atoms with van der Waals surface area (Å²) in [5.41, 5.74) is 1.12. The van der Waals surface area contributed by atoms with Gasteiger partial charge in [0.05, 0.1) is 20.0 Å². The molecule has 126 valence electrons. The summed E-state index contributed by atoms with van der Waals surface area (Å²) in [6, 6.07) is 7.87. The van der Waals surface area contributed by atoms with Crippen molar-refractivity contribution in [3.8, 4) is 5.75 Å². The molecule has 23 heavy (non-hydrogen) atoms. The second kappa shape index (κ2) is 8.82. The number of amides is 1. The Morgan fingerprint density at radius 1 is 1.22 bits per heavy atom. The molecule has 1 amide bonds. The average molecular weight is 337 g/mol. The topological polar surface area (TPSA) is 55.8 Å². The smallest absolute Gasteiger partial charge is 0.305 e. The highest BCUT2D eigenvalue weighted by molar-refractivity contribution is 8.00. The number of carbonyl (C=O) groups is 2. The highest BCUT2D eigenvalue weighted by atomic mass is 32.2. The molecule has 1 aromatic rings. The Morgan fingerprint density at radius 2 is 1.96 bits per heavy atom. The highest BCUT2D eigenvalue weighted by Gasteiger charge is 2.32. The zero-order valence-electron chi connectivity index (χ0n) is 13.6. The van der Waals surface area contributed by atoms with Crippen molar-refractivity contribution in [2.75, 3.05) is 26.5 Å². The van der Waals surface area contributed by atoms with E-state index in [1.807, 2.05) is 29.2 Å². The van der Waals surface area contributed by atoms with Crippen LogP contribution in [0.4, 0.5) is 0 Å². The Morgan fingerprint density at radius 3 is 2.61 bits per heavy atom. The Hall–Kier alpha value is -1.69. The van der Waals surface area contributed by atoms with E-state index in [-0.39, 0.29) is 17.3 Å². The van der Waals surface area contributed by atoms with Gasteiger partial charge in [0, 0.05) is 13.0 Å². The van der Waals surface area contributed by atoms with Gasteiger partial charge in [-0.1, -0.05) is 18.6 Å². The molecule has 5 nitrogen and oxygen atoms in total. The van der Waals surface area contributed by atoms with Crippen molar-refractivity contribution in [2.24, 2.45) is 0 Å². The third kappa shape index (κ3) is 4.89. The minimum absolute atomic E-state index is 0.0778. The van der Waals surface area contributed by atoms with E-state index in [1.165, 1.54) is 7.11 Å². The molecule has 1 aliphatic heterocycles. The zero-order chi connectivity index (χ0) is 16.7. The molecule has 1 atom stereocenters. The first-order valence-electron chi connectivity index (χ1n) is 7.77. The molecule has 1 aliphatic rings. The summed E-state index contributed by atoms with van der Waals surface area (Å²) in [6.07, 6.45) is 3.06. The van der Waals surface area contributed by atoms with Crippen LogP contribution < -0.4 is 4.74 Å². The van der Waals surface area contributed by atoms with Crippen molar-refractivity contribution in [3.63, 3.8) is 0 Å². The van der Waals surface area contributed by atoms with E-state index >= 15 is 0 Å². The van der Waals surface area contributed by atoms with Crippen LogP contribution in [0.3, 0.4) is 0 Å². The number of methoxy groups -OCH3 is 2. The van der Waals surface area contributed by atoms with E-state index in [2.05, 4.69) is 4.74 Å². The summed E-state index contributed by atoms with van der Waals surface area (Å²) in [5, 5.41) is 0.0778. The monoisotopic (exact) mass is 337 g/mol. The molecule has 6 heteroatoms. The maximum Gasteiger partial charge on any atom is 0.305 e. The van der Waals surface area contributed by atoms with Gasteiger partial charge in [0.25, 0.3) is 0 Å². The van der Waals surface area contributed by atoms with Crippen LogP contribution >= 0.6 is 11.8 Å². The van der Waals surface area contributed by atoms with Crippen LogP contribution in [-0.2, 0) is 14.3 Å². The van der Waals surface area contributed by atoms with E-state index in [4.69, 9.17) is 4.74 Å². The molecule has 0 spiro atoms. The van der Waals surface area contributed by atoms with Gasteiger partial charge in [-0.2, -0.15) is 0 Å². The maximum atomic E-state index is 12.1. The fourth-order valence-corrected chi connectivity index (χ4v) is 3.79. The number of benzene rings is 1. The number of unbranched alkanes of at least 4 members (excludes halogenated alkanes) is 2. The Bertz CT molecular complexity index is 532. The van der Waals surface area contributed by atoms with Crippen LogP contribution in [0, 0.1) is 0 Å². The second-order valence-corrected chi connectivity index (χ2v) is 6.48. The van der Waals surface area contributed by atoms with Crippen molar-refractivity contribution in [1.82, 2.24) is 4.90 Å². The van der Waals surface area contributed by atoms with Gasteiger partial charge in [-0.3, -0.25) is 9.59 Å². The predicted octanol–water partition coefficient (Wildman–Crippen LogP) is 3.00. The molecular formula is C17H23NO4S. The largest absolute Gasteiger partial charge is 0.497 e. The van der Waals surface area contributed by atoms with E-state index in [0.29, 0.717) is 12.2 Å². The van der Waals surface area contributed by atoms with Crippen molar-refractivity contribution >= 4 is 23.6 Å². The highest BCUT2D eigenvalue weighted by Crippen LogP contribution is 2.39. The van der Waals surface area contributed by atoms with E-state index in [0.717, 1.165) is 37.1 Å². The van der Waals surface area contributed by atoms with Crippen LogP contribution in [-0.4, -0.2) is 43.3 Å². The Labute approximate surface area is 141 Å². The first-order chi connectivity index (χ1) is 11.2. The lowest BCUT2D eigenvalue weighted by Crippen LogP contribution is -2.29. The molecule has 0 radical (unpaired) electrons. The second-order valence-electron chi connectivity index (χ2n) is 5.41. The van der Waals surface area contributed by atoms with Crippen LogP contribution in [0.5, 0.6) is 5.75 Å². The number of thioether (sulfide) groups is 1. The lowest BCUT2D eigenvalue weighted by Gasteiger charge is -2.24. The van der Waals surface area contributed by atoms with Crippen LogP contribution in [0.15, 0.2) is 24.3 Å². The van der Waals surface area contributed by atoms with Gasteiger partial charge in [0.1, 0.15) is 11.1 Å². The quantitative estimate of drug-likeness (QED) is 0.539. The van der Waals surface area contributed by atoms with E-state index < -0.39 is 0 Å². The van der Waals surface area contributed by atoms with Crippen LogP contribution in [0.2, 0.25) is 0 Å². The van der Waals surface area contributed by atoms with Crippen LogP contribution in [0.25, 0.3) is 0 Å². The summed E-state index contributed by atoms with van der Waals surface area (Å²) < 4.78 is 9.80. The van der Waals surface area contributed by atoms with Crippen molar-refractivity contribution < 1.29 is 19.1 Å². The van der Waals surface area contributed by atoms with Gasteiger partial charge in [0.15, 0.2) is 0 Å².